The molecule has 3 nitrogen and oxygen atoms in total. The molecule has 1 aromatic carbocycles. The second kappa shape index (κ2) is 6.07. The number of thioether (sulfide) groups is 1. The first-order valence-corrected chi connectivity index (χ1v) is 6.99. The topological polar surface area (TPSA) is 27.1 Å². The third-order valence-electron chi connectivity index (χ3n) is 2.79. The van der Waals surface area contributed by atoms with Crippen molar-refractivity contribution in [1.82, 2.24) is 9.55 Å². The molecule has 0 amide bonds. The highest BCUT2D eigenvalue weighted by Gasteiger charge is 2.10. The molecule has 0 saturated heterocycles. The number of nitrogens with zero attached hydrogens (tertiary/aromatic N) is 2. The smallest absolute Gasteiger partial charge is 0.170 e. The van der Waals surface area contributed by atoms with Crippen molar-refractivity contribution in [3.8, 4) is 11.3 Å². The Balaban J connectivity index is 2.33. The van der Waals surface area contributed by atoms with Crippen LogP contribution in [0.25, 0.3) is 11.3 Å². The van der Waals surface area contributed by atoms with Gasteiger partial charge in [-0.25, -0.2) is 4.98 Å². The van der Waals surface area contributed by atoms with Crippen LogP contribution in [0.2, 0.25) is 0 Å². The van der Waals surface area contributed by atoms with Crippen molar-refractivity contribution in [2.45, 2.75) is 25.5 Å². The first kappa shape index (κ1) is 13.2. The molecule has 0 aliphatic rings. The molecule has 0 spiro atoms. The fourth-order valence-corrected chi connectivity index (χ4v) is 2.58. The summed E-state index contributed by atoms with van der Waals surface area (Å²) in [5.41, 5.74) is 3.64. The zero-order valence-corrected chi connectivity index (χ0v) is 11.8. The molecule has 2 rings (SSSR count). The molecule has 4 heteroatoms. The molecule has 1 aromatic heterocycles. The normalized spacial score (nSPS) is 10.8. The van der Waals surface area contributed by atoms with Crippen LogP contribution in [0.15, 0.2) is 35.6 Å². The highest BCUT2D eigenvalue weighted by Crippen LogP contribution is 2.26. The number of aromatic nitrogens is 2. The summed E-state index contributed by atoms with van der Waals surface area (Å²) in [5.74, 6) is 0.629. The fourth-order valence-electron chi connectivity index (χ4n) is 1.85. The van der Waals surface area contributed by atoms with Crippen LogP contribution < -0.4 is 0 Å². The zero-order valence-electron chi connectivity index (χ0n) is 11.0. The summed E-state index contributed by atoms with van der Waals surface area (Å²) in [5, 5.41) is 1.01. The van der Waals surface area contributed by atoms with E-state index in [1.807, 2.05) is 6.20 Å². The van der Waals surface area contributed by atoms with Crippen LogP contribution in [-0.4, -0.2) is 22.6 Å². The van der Waals surface area contributed by atoms with Gasteiger partial charge >= 0.3 is 0 Å². The molecule has 0 bridgehead atoms. The first-order chi connectivity index (χ1) is 8.76. The average molecular weight is 262 g/mol. The Morgan fingerprint density at radius 1 is 1.28 bits per heavy atom. The van der Waals surface area contributed by atoms with Crippen LogP contribution in [0.4, 0.5) is 0 Å². The lowest BCUT2D eigenvalue weighted by Crippen LogP contribution is -1.99. The lowest BCUT2D eigenvalue weighted by molar-refractivity contribution is 0.258. The molecule has 96 valence electrons. The largest absolute Gasteiger partial charge is 0.374 e. The van der Waals surface area contributed by atoms with E-state index in [0.717, 1.165) is 17.4 Å². The van der Waals surface area contributed by atoms with E-state index in [9.17, 15) is 0 Å². The van der Waals surface area contributed by atoms with Gasteiger partial charge < -0.3 is 9.30 Å². The van der Waals surface area contributed by atoms with Gasteiger partial charge in [-0.15, -0.1) is 0 Å². The number of hydrogen-bond donors (Lipinski definition) is 0. The molecule has 0 radical (unpaired) electrons. The van der Waals surface area contributed by atoms with E-state index in [1.54, 1.807) is 18.9 Å². The highest BCUT2D eigenvalue weighted by atomic mass is 32.2. The van der Waals surface area contributed by atoms with Crippen molar-refractivity contribution in [2.24, 2.45) is 0 Å². The molecule has 18 heavy (non-hydrogen) atoms. The lowest BCUT2D eigenvalue weighted by Gasteiger charge is -2.09. The molecule has 0 unspecified atom stereocenters. The van der Waals surface area contributed by atoms with E-state index < -0.39 is 0 Å². The quantitative estimate of drug-likeness (QED) is 0.609. The lowest BCUT2D eigenvalue weighted by atomic mass is 10.1. The van der Waals surface area contributed by atoms with E-state index in [1.165, 1.54) is 11.1 Å². The SMILES string of the molecule is CCn1c(-c2ccc(C)cc2)cnc1SCOC. The van der Waals surface area contributed by atoms with Crippen molar-refractivity contribution in [1.29, 1.82) is 0 Å². The van der Waals surface area contributed by atoms with Gasteiger partial charge in [-0.3, -0.25) is 0 Å². The van der Waals surface area contributed by atoms with E-state index in [4.69, 9.17) is 4.74 Å². The number of ether oxygens (including phenoxy) is 1. The third kappa shape index (κ3) is 2.76. The Morgan fingerprint density at radius 3 is 2.61 bits per heavy atom. The van der Waals surface area contributed by atoms with Crippen molar-refractivity contribution >= 4 is 11.8 Å². The summed E-state index contributed by atoms with van der Waals surface area (Å²) in [6.45, 7) is 5.15. The number of imidazole rings is 1. The molecule has 0 aliphatic heterocycles. The van der Waals surface area contributed by atoms with E-state index in [-0.39, 0.29) is 0 Å². The molecular formula is C14H18N2OS. The van der Waals surface area contributed by atoms with Crippen LogP contribution in [-0.2, 0) is 11.3 Å². The van der Waals surface area contributed by atoms with E-state index >= 15 is 0 Å². The Labute approximate surface area is 112 Å². The van der Waals surface area contributed by atoms with Crippen molar-refractivity contribution in [2.75, 3.05) is 13.0 Å². The molecule has 0 saturated carbocycles. The predicted octanol–water partition coefficient (Wildman–Crippen LogP) is 3.57. The van der Waals surface area contributed by atoms with Gasteiger partial charge in [0.05, 0.1) is 17.8 Å². The second-order valence-corrected chi connectivity index (χ2v) is 4.98. The van der Waals surface area contributed by atoms with Crippen LogP contribution >= 0.6 is 11.8 Å². The summed E-state index contributed by atoms with van der Waals surface area (Å²) in [6, 6.07) is 8.54. The van der Waals surface area contributed by atoms with Gasteiger partial charge in [0.15, 0.2) is 5.16 Å². The Hall–Kier alpha value is -1.26. The fraction of sp³-hybridized carbons (Fsp3) is 0.357. The minimum Gasteiger partial charge on any atom is -0.374 e. The molecule has 0 fully saturated rings. The average Bonchev–Trinajstić information content (AvgIpc) is 2.80. The monoisotopic (exact) mass is 262 g/mol. The van der Waals surface area contributed by atoms with Gasteiger partial charge in [0, 0.05) is 13.7 Å². The molecule has 0 N–H and O–H groups in total. The van der Waals surface area contributed by atoms with Gasteiger partial charge in [-0.1, -0.05) is 41.6 Å². The number of methoxy groups -OCH3 is 1. The Bertz CT molecular complexity index is 505. The van der Waals surface area contributed by atoms with Gasteiger partial charge in [0.2, 0.25) is 0 Å². The van der Waals surface area contributed by atoms with Crippen LogP contribution in [0.5, 0.6) is 0 Å². The van der Waals surface area contributed by atoms with Crippen LogP contribution in [0, 0.1) is 6.92 Å². The first-order valence-electron chi connectivity index (χ1n) is 6.00. The van der Waals surface area contributed by atoms with Crippen LogP contribution in [0.1, 0.15) is 12.5 Å². The summed E-state index contributed by atoms with van der Waals surface area (Å²) < 4.78 is 7.30. The van der Waals surface area contributed by atoms with Gasteiger partial charge in [0.25, 0.3) is 0 Å². The summed E-state index contributed by atoms with van der Waals surface area (Å²) in [7, 11) is 1.70. The van der Waals surface area contributed by atoms with E-state index in [2.05, 4.69) is 47.7 Å². The standard InChI is InChI=1S/C14H18N2OS/c1-4-16-13(9-15-14(16)18-10-17-3)12-7-5-11(2)6-8-12/h5-9H,4,10H2,1-3H3. The maximum atomic E-state index is 5.09. The molecule has 1 heterocycles. The minimum absolute atomic E-state index is 0.629. The minimum atomic E-state index is 0.629. The molecule has 2 aromatic rings. The van der Waals surface area contributed by atoms with Crippen molar-refractivity contribution in [3.05, 3.63) is 36.0 Å². The van der Waals surface area contributed by atoms with Crippen molar-refractivity contribution in [3.63, 3.8) is 0 Å². The predicted molar refractivity (Wildman–Crippen MR) is 75.8 cm³/mol. The van der Waals surface area contributed by atoms with Gasteiger partial charge in [-0.2, -0.15) is 0 Å². The van der Waals surface area contributed by atoms with Gasteiger partial charge in [-0.05, 0) is 19.4 Å². The van der Waals surface area contributed by atoms with Crippen molar-refractivity contribution < 1.29 is 4.74 Å². The molecular weight excluding hydrogens is 244 g/mol. The van der Waals surface area contributed by atoms with Gasteiger partial charge in [0.1, 0.15) is 0 Å². The number of benzene rings is 1. The maximum absolute atomic E-state index is 5.09. The molecule has 0 aliphatic carbocycles. The Morgan fingerprint density at radius 2 is 2.00 bits per heavy atom. The maximum Gasteiger partial charge on any atom is 0.170 e. The highest BCUT2D eigenvalue weighted by molar-refractivity contribution is 7.99. The summed E-state index contributed by atoms with van der Waals surface area (Å²) >= 11 is 1.62. The number of rotatable bonds is 5. The van der Waals surface area contributed by atoms with Crippen LogP contribution in [0.3, 0.4) is 0 Å². The number of hydrogen-bond acceptors (Lipinski definition) is 3. The van der Waals surface area contributed by atoms with E-state index in [0.29, 0.717) is 5.94 Å². The number of aryl methyl sites for hydroxylation is 1. The summed E-state index contributed by atoms with van der Waals surface area (Å²) in [4.78, 5) is 4.47. The second-order valence-electron chi connectivity index (χ2n) is 4.09. The molecule has 0 atom stereocenters. The summed E-state index contributed by atoms with van der Waals surface area (Å²) in [6.07, 6.45) is 1.94. The zero-order chi connectivity index (χ0) is 13.0. The Kier molecular flexibility index (Phi) is 4.44. The third-order valence-corrected chi connectivity index (χ3v) is 3.73.